The summed E-state index contributed by atoms with van der Waals surface area (Å²) in [6.07, 6.45) is 5.31. The molecule has 3 aromatic rings. The van der Waals surface area contributed by atoms with Crippen LogP contribution in [0, 0.1) is 0 Å². The Morgan fingerprint density at radius 2 is 1.76 bits per heavy atom. The van der Waals surface area contributed by atoms with Crippen molar-refractivity contribution in [3.05, 3.63) is 76.9 Å². The summed E-state index contributed by atoms with van der Waals surface area (Å²) in [5.74, 6) is -0.0609. The van der Waals surface area contributed by atoms with E-state index in [1.54, 1.807) is 20.2 Å². The summed E-state index contributed by atoms with van der Waals surface area (Å²) < 4.78 is 2.84. The fourth-order valence-corrected chi connectivity index (χ4v) is 2.63. The van der Waals surface area contributed by atoms with Crippen molar-refractivity contribution in [3.63, 3.8) is 0 Å². The molecule has 5 heteroatoms. The normalized spacial score (nSPS) is 11.0. The van der Waals surface area contributed by atoms with Gasteiger partial charge in [-0.25, -0.2) is 4.68 Å². The van der Waals surface area contributed by atoms with E-state index in [0.717, 1.165) is 27.0 Å². The molecule has 0 aliphatic rings. The van der Waals surface area contributed by atoms with Gasteiger partial charge in [-0.15, -0.1) is 0 Å². The molecular weight excluding hydrogens is 378 g/mol. The zero-order valence-corrected chi connectivity index (χ0v) is 15.6. The molecule has 0 saturated carbocycles. The zero-order chi connectivity index (χ0) is 17.8. The second-order valence-corrected chi connectivity index (χ2v) is 6.70. The lowest BCUT2D eigenvalue weighted by Crippen LogP contribution is -2.18. The molecule has 0 aliphatic carbocycles. The number of nitrogens with zero attached hydrogens (tertiary/aromatic N) is 3. The Labute approximate surface area is 155 Å². The molecular formula is C20H18BrN3O. The first kappa shape index (κ1) is 17.2. The summed E-state index contributed by atoms with van der Waals surface area (Å²) in [6.45, 7) is 0. The first-order valence-corrected chi connectivity index (χ1v) is 8.64. The van der Waals surface area contributed by atoms with Crippen molar-refractivity contribution in [3.8, 4) is 16.9 Å². The molecule has 0 N–H and O–H groups in total. The maximum Gasteiger partial charge on any atom is 0.246 e. The standard InChI is InChI=1S/C20H18BrN3O/c1-23(2)19(25)13-10-16-14-24(18-6-4-3-5-7-18)22-20(16)15-8-11-17(21)12-9-15/h3-14H,1-2H3/b13-10-. The van der Waals surface area contributed by atoms with Crippen LogP contribution in [0.5, 0.6) is 0 Å². The maximum atomic E-state index is 11.9. The van der Waals surface area contributed by atoms with Gasteiger partial charge in [0.1, 0.15) is 0 Å². The highest BCUT2D eigenvalue weighted by Crippen LogP contribution is 2.26. The van der Waals surface area contributed by atoms with Crippen molar-refractivity contribution in [2.45, 2.75) is 0 Å². The summed E-state index contributed by atoms with van der Waals surface area (Å²) in [6, 6.07) is 17.9. The summed E-state index contributed by atoms with van der Waals surface area (Å²) in [4.78, 5) is 13.4. The van der Waals surface area contributed by atoms with Gasteiger partial charge >= 0.3 is 0 Å². The van der Waals surface area contributed by atoms with Gasteiger partial charge < -0.3 is 4.90 Å². The maximum absolute atomic E-state index is 11.9. The van der Waals surface area contributed by atoms with Gasteiger partial charge in [-0.05, 0) is 30.3 Å². The van der Waals surface area contributed by atoms with Crippen LogP contribution in [0.4, 0.5) is 0 Å². The van der Waals surface area contributed by atoms with Gasteiger partial charge in [0.2, 0.25) is 5.91 Å². The number of carbonyl (C=O) groups excluding carboxylic acids is 1. The molecule has 4 nitrogen and oxygen atoms in total. The number of para-hydroxylation sites is 1. The molecule has 1 aromatic heterocycles. The number of hydrogen-bond acceptors (Lipinski definition) is 2. The molecule has 0 saturated heterocycles. The van der Waals surface area contributed by atoms with Crippen molar-refractivity contribution in [2.24, 2.45) is 0 Å². The molecule has 2 aromatic carbocycles. The highest BCUT2D eigenvalue weighted by molar-refractivity contribution is 9.10. The Bertz CT molecular complexity index is 896. The Hall–Kier alpha value is -2.66. The molecule has 0 fully saturated rings. The van der Waals surface area contributed by atoms with E-state index >= 15 is 0 Å². The SMILES string of the molecule is CN(C)C(=O)/C=C\c1cn(-c2ccccc2)nc1-c1ccc(Br)cc1. The lowest BCUT2D eigenvalue weighted by atomic mass is 10.1. The fourth-order valence-electron chi connectivity index (χ4n) is 2.36. The van der Waals surface area contributed by atoms with Gasteiger partial charge in [0.05, 0.1) is 11.4 Å². The summed E-state index contributed by atoms with van der Waals surface area (Å²) in [5, 5.41) is 4.73. The molecule has 126 valence electrons. The van der Waals surface area contributed by atoms with Gasteiger partial charge in [0.25, 0.3) is 0 Å². The number of rotatable bonds is 4. The van der Waals surface area contributed by atoms with Crippen LogP contribution < -0.4 is 0 Å². The van der Waals surface area contributed by atoms with E-state index in [9.17, 15) is 4.79 Å². The molecule has 3 rings (SSSR count). The molecule has 0 spiro atoms. The average Bonchev–Trinajstić information content (AvgIpc) is 3.05. The van der Waals surface area contributed by atoms with Crippen molar-refractivity contribution in [1.82, 2.24) is 14.7 Å². The van der Waals surface area contributed by atoms with Crippen molar-refractivity contribution in [2.75, 3.05) is 14.1 Å². The van der Waals surface area contributed by atoms with Gasteiger partial charge in [-0.3, -0.25) is 4.79 Å². The van der Waals surface area contributed by atoms with Crippen LogP contribution in [-0.2, 0) is 4.79 Å². The third kappa shape index (κ3) is 4.06. The Morgan fingerprint density at radius 1 is 1.08 bits per heavy atom. The average molecular weight is 396 g/mol. The molecule has 0 unspecified atom stereocenters. The number of aromatic nitrogens is 2. The number of likely N-dealkylation sites (N-methyl/N-ethyl adjacent to an activating group) is 1. The second kappa shape index (κ2) is 7.49. The van der Waals surface area contributed by atoms with Crippen molar-refractivity contribution >= 4 is 27.9 Å². The molecule has 0 radical (unpaired) electrons. The minimum atomic E-state index is -0.0609. The van der Waals surface area contributed by atoms with Crippen LogP contribution in [0.3, 0.4) is 0 Å². The van der Waals surface area contributed by atoms with E-state index in [-0.39, 0.29) is 5.91 Å². The van der Waals surface area contributed by atoms with Crippen molar-refractivity contribution in [1.29, 1.82) is 0 Å². The molecule has 25 heavy (non-hydrogen) atoms. The zero-order valence-electron chi connectivity index (χ0n) is 14.1. The van der Waals surface area contributed by atoms with E-state index in [0.29, 0.717) is 0 Å². The Kier molecular flexibility index (Phi) is 5.14. The fraction of sp³-hybridized carbons (Fsp3) is 0.100. The van der Waals surface area contributed by atoms with Gasteiger partial charge in [-0.2, -0.15) is 5.10 Å². The summed E-state index contributed by atoms with van der Waals surface area (Å²) in [7, 11) is 3.46. The molecule has 0 atom stereocenters. The van der Waals surface area contributed by atoms with Crippen LogP contribution >= 0.6 is 15.9 Å². The minimum absolute atomic E-state index is 0.0609. The number of halogens is 1. The number of benzene rings is 2. The summed E-state index contributed by atoms with van der Waals surface area (Å²) >= 11 is 3.45. The van der Waals surface area contributed by atoms with E-state index < -0.39 is 0 Å². The highest BCUT2D eigenvalue weighted by atomic mass is 79.9. The van der Waals surface area contributed by atoms with Crippen molar-refractivity contribution < 1.29 is 4.79 Å². The van der Waals surface area contributed by atoms with E-state index in [4.69, 9.17) is 5.10 Å². The third-order valence-corrected chi connectivity index (χ3v) is 4.26. The predicted octanol–water partition coefficient (Wildman–Crippen LogP) is 4.40. The lowest BCUT2D eigenvalue weighted by Gasteiger charge is -2.05. The second-order valence-electron chi connectivity index (χ2n) is 5.79. The Balaban J connectivity index is 2.06. The highest BCUT2D eigenvalue weighted by Gasteiger charge is 2.11. The van der Waals surface area contributed by atoms with Crippen LogP contribution in [0.15, 0.2) is 71.3 Å². The first-order chi connectivity index (χ1) is 12.0. The number of amides is 1. The predicted molar refractivity (Wildman–Crippen MR) is 104 cm³/mol. The quantitative estimate of drug-likeness (QED) is 0.613. The van der Waals surface area contributed by atoms with E-state index in [2.05, 4.69) is 15.9 Å². The van der Waals surface area contributed by atoms with Gasteiger partial charge in [0.15, 0.2) is 0 Å². The summed E-state index contributed by atoms with van der Waals surface area (Å²) in [5.41, 5.74) is 3.69. The van der Waals surface area contributed by atoms with E-state index in [1.807, 2.05) is 71.6 Å². The monoisotopic (exact) mass is 395 g/mol. The molecule has 1 amide bonds. The van der Waals surface area contributed by atoms with Gasteiger partial charge in [-0.1, -0.05) is 46.3 Å². The smallest absolute Gasteiger partial charge is 0.246 e. The number of hydrogen-bond donors (Lipinski definition) is 0. The van der Waals surface area contributed by atoms with E-state index in [1.165, 1.54) is 4.90 Å². The first-order valence-electron chi connectivity index (χ1n) is 7.85. The van der Waals surface area contributed by atoms with Crippen LogP contribution in [-0.4, -0.2) is 34.7 Å². The topological polar surface area (TPSA) is 38.1 Å². The lowest BCUT2D eigenvalue weighted by molar-refractivity contribution is -0.123. The van der Waals surface area contributed by atoms with Crippen LogP contribution in [0.25, 0.3) is 23.0 Å². The largest absolute Gasteiger partial charge is 0.345 e. The molecule has 1 heterocycles. The molecule has 0 aliphatic heterocycles. The molecule has 0 bridgehead atoms. The van der Waals surface area contributed by atoms with Gasteiger partial charge in [0, 0.05) is 42.0 Å². The third-order valence-electron chi connectivity index (χ3n) is 3.73. The van der Waals surface area contributed by atoms with Crippen LogP contribution in [0.2, 0.25) is 0 Å². The Morgan fingerprint density at radius 3 is 2.40 bits per heavy atom. The van der Waals surface area contributed by atoms with Crippen LogP contribution in [0.1, 0.15) is 5.56 Å². The minimum Gasteiger partial charge on any atom is -0.345 e. The number of carbonyl (C=O) groups is 1.